The van der Waals surface area contributed by atoms with Crippen LogP contribution in [0.3, 0.4) is 0 Å². The van der Waals surface area contributed by atoms with Crippen LogP contribution in [0.5, 0.6) is 5.75 Å². The van der Waals surface area contributed by atoms with Gasteiger partial charge in [0.1, 0.15) is 11.6 Å². The van der Waals surface area contributed by atoms with Crippen molar-refractivity contribution in [3.05, 3.63) is 30.1 Å². The second-order valence-corrected chi connectivity index (χ2v) is 5.80. The monoisotopic (exact) mass is 252 g/mol. The first-order valence-corrected chi connectivity index (χ1v) is 6.76. The van der Waals surface area contributed by atoms with Crippen molar-refractivity contribution in [2.24, 2.45) is 0 Å². The van der Waals surface area contributed by atoms with E-state index >= 15 is 0 Å². The van der Waals surface area contributed by atoms with Crippen LogP contribution < -0.4 is 4.74 Å². The van der Waals surface area contributed by atoms with Gasteiger partial charge in [0, 0.05) is 16.7 Å². The maximum atomic E-state index is 12.7. The lowest BCUT2D eigenvalue weighted by atomic mass is 10.3. The zero-order chi connectivity index (χ0) is 11.3. The third-order valence-electron chi connectivity index (χ3n) is 1.60. The average molecular weight is 253 g/mol. The Morgan fingerprint density at radius 2 is 2.13 bits per heavy atom. The lowest BCUT2D eigenvalue weighted by Crippen LogP contribution is -2.04. The van der Waals surface area contributed by atoms with Crippen molar-refractivity contribution in [2.45, 2.75) is 6.42 Å². The first-order valence-electron chi connectivity index (χ1n) is 4.28. The molecule has 1 aromatic carbocycles. The van der Waals surface area contributed by atoms with E-state index in [0.29, 0.717) is 5.75 Å². The lowest BCUT2D eigenvalue weighted by molar-refractivity contribution is 0.316. The summed E-state index contributed by atoms with van der Waals surface area (Å²) in [5, 5.41) is 0. The van der Waals surface area contributed by atoms with E-state index < -0.39 is 14.9 Å². The Morgan fingerprint density at radius 3 is 2.73 bits per heavy atom. The molecule has 0 bridgehead atoms. The SMILES string of the molecule is O=S(=O)(Cl)CCCOc1cccc(F)c1. The van der Waals surface area contributed by atoms with Crippen molar-refractivity contribution in [3.8, 4) is 5.75 Å². The van der Waals surface area contributed by atoms with Gasteiger partial charge in [0.05, 0.1) is 12.4 Å². The predicted octanol–water partition coefficient (Wildman–Crippen LogP) is 2.16. The second kappa shape index (κ2) is 5.32. The Balaban J connectivity index is 2.32. The van der Waals surface area contributed by atoms with Gasteiger partial charge in [-0.25, -0.2) is 12.8 Å². The molecule has 0 saturated heterocycles. The number of rotatable bonds is 5. The summed E-state index contributed by atoms with van der Waals surface area (Å²) >= 11 is 0. The largest absolute Gasteiger partial charge is 0.493 e. The third kappa shape index (κ3) is 5.59. The Hall–Kier alpha value is -0.810. The third-order valence-corrected chi connectivity index (χ3v) is 2.84. The zero-order valence-electron chi connectivity index (χ0n) is 7.82. The molecule has 0 fully saturated rings. The number of halogens is 2. The quantitative estimate of drug-likeness (QED) is 0.596. The minimum absolute atomic E-state index is 0.149. The molecule has 0 atom stereocenters. The Kier molecular flexibility index (Phi) is 4.35. The van der Waals surface area contributed by atoms with Crippen LogP contribution in [0.2, 0.25) is 0 Å². The van der Waals surface area contributed by atoms with Gasteiger partial charge in [-0.3, -0.25) is 0 Å². The van der Waals surface area contributed by atoms with Crippen LogP contribution in [-0.4, -0.2) is 20.8 Å². The first kappa shape index (κ1) is 12.3. The van der Waals surface area contributed by atoms with E-state index in [1.807, 2.05) is 0 Å². The molecule has 0 N–H and O–H groups in total. The molecule has 1 rings (SSSR count). The van der Waals surface area contributed by atoms with Crippen molar-refractivity contribution in [1.29, 1.82) is 0 Å². The zero-order valence-corrected chi connectivity index (χ0v) is 9.39. The summed E-state index contributed by atoms with van der Waals surface area (Å²) < 4.78 is 38.9. The van der Waals surface area contributed by atoms with Crippen LogP contribution in [0.1, 0.15) is 6.42 Å². The summed E-state index contributed by atoms with van der Waals surface area (Å²) in [6.45, 7) is 0.190. The lowest BCUT2D eigenvalue weighted by Gasteiger charge is -2.04. The highest BCUT2D eigenvalue weighted by Gasteiger charge is 2.04. The van der Waals surface area contributed by atoms with Crippen molar-refractivity contribution in [2.75, 3.05) is 12.4 Å². The van der Waals surface area contributed by atoms with Crippen LogP contribution in [0.4, 0.5) is 4.39 Å². The highest BCUT2D eigenvalue weighted by molar-refractivity contribution is 8.13. The predicted molar refractivity (Wildman–Crippen MR) is 56.2 cm³/mol. The van der Waals surface area contributed by atoms with E-state index in [-0.39, 0.29) is 18.8 Å². The van der Waals surface area contributed by atoms with E-state index in [2.05, 4.69) is 0 Å². The van der Waals surface area contributed by atoms with Gasteiger partial charge in [0.25, 0.3) is 0 Å². The number of ether oxygens (including phenoxy) is 1. The van der Waals surface area contributed by atoms with E-state index in [4.69, 9.17) is 15.4 Å². The summed E-state index contributed by atoms with van der Waals surface area (Å²) in [5.41, 5.74) is 0. The molecule has 0 radical (unpaired) electrons. The fourth-order valence-corrected chi connectivity index (χ4v) is 1.77. The molecule has 0 aliphatic rings. The molecule has 0 aromatic heterocycles. The van der Waals surface area contributed by atoms with Crippen LogP contribution >= 0.6 is 10.7 Å². The van der Waals surface area contributed by atoms with Gasteiger partial charge in [0.15, 0.2) is 0 Å². The molecule has 0 aliphatic carbocycles. The van der Waals surface area contributed by atoms with Gasteiger partial charge in [-0.2, -0.15) is 0 Å². The maximum absolute atomic E-state index is 12.7. The minimum Gasteiger partial charge on any atom is -0.493 e. The topological polar surface area (TPSA) is 43.4 Å². The molecule has 3 nitrogen and oxygen atoms in total. The maximum Gasteiger partial charge on any atom is 0.232 e. The van der Waals surface area contributed by atoms with Gasteiger partial charge in [0.2, 0.25) is 9.05 Å². The molecule has 0 heterocycles. The second-order valence-electron chi connectivity index (χ2n) is 2.90. The van der Waals surface area contributed by atoms with Crippen molar-refractivity contribution < 1.29 is 17.5 Å². The highest BCUT2D eigenvalue weighted by atomic mass is 35.7. The van der Waals surface area contributed by atoms with Crippen molar-refractivity contribution in [1.82, 2.24) is 0 Å². The van der Waals surface area contributed by atoms with Crippen LogP contribution in [0, 0.1) is 5.82 Å². The van der Waals surface area contributed by atoms with Gasteiger partial charge in [-0.15, -0.1) is 0 Å². The molecule has 0 spiro atoms. The standard InChI is InChI=1S/C9H10ClFO3S/c10-15(12,13)6-2-5-14-9-4-1-3-8(11)7-9/h1,3-4,7H,2,5-6H2. The fraction of sp³-hybridized carbons (Fsp3) is 0.333. The van der Waals surface area contributed by atoms with Gasteiger partial charge >= 0.3 is 0 Å². The Morgan fingerprint density at radius 1 is 1.40 bits per heavy atom. The molecule has 15 heavy (non-hydrogen) atoms. The first-order chi connectivity index (χ1) is 6.97. The summed E-state index contributed by atoms with van der Waals surface area (Å²) in [6.07, 6.45) is 0.280. The average Bonchev–Trinajstić information content (AvgIpc) is 2.11. The van der Waals surface area contributed by atoms with Gasteiger partial charge < -0.3 is 4.74 Å². The molecule has 84 valence electrons. The molecule has 1 aromatic rings. The molecule has 0 amide bonds. The van der Waals surface area contributed by atoms with Gasteiger partial charge in [-0.1, -0.05) is 6.07 Å². The van der Waals surface area contributed by atoms with Crippen LogP contribution in [0.25, 0.3) is 0 Å². The minimum atomic E-state index is -3.47. The van der Waals surface area contributed by atoms with Crippen LogP contribution in [0.15, 0.2) is 24.3 Å². The molecule has 6 heteroatoms. The summed E-state index contributed by atoms with van der Waals surface area (Å²) in [5.74, 6) is -0.163. The van der Waals surface area contributed by atoms with Crippen LogP contribution in [-0.2, 0) is 9.05 Å². The van der Waals surface area contributed by atoms with E-state index in [1.165, 1.54) is 18.2 Å². The Bertz CT molecular complexity index is 419. The normalized spacial score (nSPS) is 11.3. The Labute approximate surface area is 92.2 Å². The highest BCUT2D eigenvalue weighted by Crippen LogP contribution is 2.12. The number of benzene rings is 1. The number of hydrogen-bond donors (Lipinski definition) is 0. The van der Waals surface area contributed by atoms with Crippen molar-refractivity contribution in [3.63, 3.8) is 0 Å². The molecule has 0 aliphatic heterocycles. The molecule has 0 saturated carbocycles. The number of hydrogen-bond acceptors (Lipinski definition) is 3. The fourth-order valence-electron chi connectivity index (χ4n) is 0.978. The van der Waals surface area contributed by atoms with E-state index in [1.54, 1.807) is 6.07 Å². The van der Waals surface area contributed by atoms with Crippen molar-refractivity contribution >= 4 is 19.7 Å². The van der Waals surface area contributed by atoms with E-state index in [0.717, 1.165) is 0 Å². The van der Waals surface area contributed by atoms with Gasteiger partial charge in [-0.05, 0) is 18.6 Å². The molecule has 0 unspecified atom stereocenters. The summed E-state index contributed by atoms with van der Waals surface area (Å²) in [4.78, 5) is 0. The molecular weight excluding hydrogens is 243 g/mol. The van der Waals surface area contributed by atoms with E-state index in [9.17, 15) is 12.8 Å². The summed E-state index contributed by atoms with van der Waals surface area (Å²) in [6, 6.07) is 5.65. The summed E-state index contributed by atoms with van der Waals surface area (Å²) in [7, 11) is 1.53. The smallest absolute Gasteiger partial charge is 0.232 e. The molecular formula is C9H10ClFO3S.